The number of alkyl halides is 3. The number of rotatable bonds is 4. The first-order valence-electron chi connectivity index (χ1n) is 6.43. The van der Waals surface area contributed by atoms with Gasteiger partial charge in [0.1, 0.15) is 0 Å². The molecule has 0 atom stereocenters. The molecule has 1 rings (SSSR count). The number of halogens is 3. The molecule has 0 bridgehead atoms. The van der Waals surface area contributed by atoms with E-state index in [1.54, 1.807) is 12.1 Å². The SMILES string of the molecule is CN(CCC(C)(C)C)Cc1ccccc1C(F)(F)F. The van der Waals surface area contributed by atoms with Gasteiger partial charge in [-0.25, -0.2) is 0 Å². The molecule has 0 unspecified atom stereocenters. The highest BCUT2D eigenvalue weighted by atomic mass is 19.4. The second kappa shape index (κ2) is 5.95. The van der Waals surface area contributed by atoms with Crippen molar-refractivity contribution in [3.8, 4) is 0 Å². The van der Waals surface area contributed by atoms with Crippen molar-refractivity contribution in [2.24, 2.45) is 5.41 Å². The summed E-state index contributed by atoms with van der Waals surface area (Å²) in [6.07, 6.45) is -3.32. The summed E-state index contributed by atoms with van der Waals surface area (Å²) >= 11 is 0. The first-order valence-corrected chi connectivity index (χ1v) is 6.43. The smallest absolute Gasteiger partial charge is 0.302 e. The van der Waals surface area contributed by atoms with Crippen LogP contribution < -0.4 is 0 Å². The molecule has 0 aromatic heterocycles. The van der Waals surface area contributed by atoms with E-state index < -0.39 is 11.7 Å². The molecule has 0 aliphatic rings. The lowest BCUT2D eigenvalue weighted by Gasteiger charge is -2.24. The third-order valence-electron chi connectivity index (χ3n) is 3.01. The molecule has 0 saturated heterocycles. The summed E-state index contributed by atoms with van der Waals surface area (Å²) in [6.45, 7) is 7.50. The van der Waals surface area contributed by atoms with E-state index in [-0.39, 0.29) is 5.41 Å². The first kappa shape index (κ1) is 16.0. The summed E-state index contributed by atoms with van der Waals surface area (Å²) in [7, 11) is 1.86. The molecule has 0 amide bonds. The van der Waals surface area contributed by atoms with Crippen molar-refractivity contribution in [2.75, 3.05) is 13.6 Å². The van der Waals surface area contributed by atoms with Gasteiger partial charge in [-0.2, -0.15) is 13.2 Å². The Morgan fingerprint density at radius 3 is 2.16 bits per heavy atom. The molecule has 0 saturated carbocycles. The van der Waals surface area contributed by atoms with Crippen molar-refractivity contribution in [3.63, 3.8) is 0 Å². The van der Waals surface area contributed by atoms with Gasteiger partial charge >= 0.3 is 6.18 Å². The Morgan fingerprint density at radius 1 is 1.05 bits per heavy atom. The van der Waals surface area contributed by atoms with Crippen LogP contribution in [0.25, 0.3) is 0 Å². The maximum Gasteiger partial charge on any atom is 0.416 e. The second-order valence-electron chi connectivity index (χ2n) is 6.20. The van der Waals surface area contributed by atoms with E-state index in [0.29, 0.717) is 12.1 Å². The average molecular weight is 273 g/mol. The fourth-order valence-electron chi connectivity index (χ4n) is 1.83. The largest absolute Gasteiger partial charge is 0.416 e. The van der Waals surface area contributed by atoms with Crippen molar-refractivity contribution in [2.45, 2.75) is 39.9 Å². The van der Waals surface area contributed by atoms with Crippen LogP contribution in [0.5, 0.6) is 0 Å². The lowest BCUT2D eigenvalue weighted by atomic mass is 9.92. The molecular weight excluding hydrogens is 251 g/mol. The molecule has 0 aliphatic heterocycles. The average Bonchev–Trinajstić information content (AvgIpc) is 2.25. The summed E-state index contributed by atoms with van der Waals surface area (Å²) in [5.41, 5.74) is 0.00154. The fraction of sp³-hybridized carbons (Fsp3) is 0.600. The summed E-state index contributed by atoms with van der Waals surface area (Å²) in [6, 6.07) is 5.78. The lowest BCUT2D eigenvalue weighted by Crippen LogP contribution is -2.24. The van der Waals surface area contributed by atoms with Gasteiger partial charge in [-0.15, -0.1) is 0 Å². The minimum Gasteiger partial charge on any atom is -0.302 e. The van der Waals surface area contributed by atoms with E-state index in [4.69, 9.17) is 0 Å². The minimum absolute atomic E-state index is 0.192. The van der Waals surface area contributed by atoms with Crippen molar-refractivity contribution in [3.05, 3.63) is 35.4 Å². The van der Waals surface area contributed by atoms with E-state index >= 15 is 0 Å². The van der Waals surface area contributed by atoms with Crippen LogP contribution in [-0.2, 0) is 12.7 Å². The highest BCUT2D eigenvalue weighted by Gasteiger charge is 2.32. The molecule has 0 fully saturated rings. The van der Waals surface area contributed by atoms with Gasteiger partial charge in [-0.3, -0.25) is 0 Å². The summed E-state index contributed by atoms with van der Waals surface area (Å²) in [4.78, 5) is 1.94. The van der Waals surface area contributed by atoms with Crippen LogP contribution in [0.4, 0.5) is 13.2 Å². The zero-order chi connectivity index (χ0) is 14.7. The Labute approximate surface area is 113 Å². The van der Waals surface area contributed by atoms with E-state index in [0.717, 1.165) is 19.0 Å². The van der Waals surface area contributed by atoms with Crippen LogP contribution in [0.15, 0.2) is 24.3 Å². The molecule has 1 aromatic carbocycles. The summed E-state index contributed by atoms with van der Waals surface area (Å²) in [5, 5.41) is 0. The van der Waals surface area contributed by atoms with Gasteiger partial charge in [0, 0.05) is 6.54 Å². The zero-order valence-corrected chi connectivity index (χ0v) is 12.0. The Hall–Kier alpha value is -1.03. The Balaban J connectivity index is 2.72. The molecule has 1 nitrogen and oxygen atoms in total. The molecule has 0 heterocycles. The molecule has 0 radical (unpaired) electrons. The van der Waals surface area contributed by atoms with E-state index in [9.17, 15) is 13.2 Å². The van der Waals surface area contributed by atoms with Crippen LogP contribution in [0.1, 0.15) is 38.3 Å². The maximum atomic E-state index is 12.9. The van der Waals surface area contributed by atoms with Gasteiger partial charge in [-0.1, -0.05) is 39.0 Å². The van der Waals surface area contributed by atoms with Gasteiger partial charge in [-0.05, 0) is 37.1 Å². The van der Waals surface area contributed by atoms with E-state index in [2.05, 4.69) is 20.8 Å². The third-order valence-corrected chi connectivity index (χ3v) is 3.01. The standard InChI is InChI=1S/C15H22F3N/c1-14(2,3)9-10-19(4)11-12-7-5-6-8-13(12)15(16,17)18/h5-8H,9-11H2,1-4H3. The number of nitrogens with zero attached hydrogens (tertiary/aromatic N) is 1. The van der Waals surface area contributed by atoms with Gasteiger partial charge < -0.3 is 4.90 Å². The number of hydrogen-bond acceptors (Lipinski definition) is 1. The van der Waals surface area contributed by atoms with E-state index in [1.807, 2.05) is 11.9 Å². The fourth-order valence-corrected chi connectivity index (χ4v) is 1.83. The molecule has 1 aromatic rings. The maximum absolute atomic E-state index is 12.9. The zero-order valence-electron chi connectivity index (χ0n) is 12.0. The third kappa shape index (κ3) is 5.64. The second-order valence-corrected chi connectivity index (χ2v) is 6.20. The molecule has 0 spiro atoms. The highest BCUT2D eigenvalue weighted by molar-refractivity contribution is 5.29. The predicted molar refractivity (Wildman–Crippen MR) is 71.9 cm³/mol. The molecule has 19 heavy (non-hydrogen) atoms. The Kier molecular flexibility index (Phi) is 5.02. The monoisotopic (exact) mass is 273 g/mol. The van der Waals surface area contributed by atoms with Gasteiger partial charge in [0.15, 0.2) is 0 Å². The van der Waals surface area contributed by atoms with Crippen molar-refractivity contribution in [1.29, 1.82) is 0 Å². The Morgan fingerprint density at radius 2 is 1.63 bits per heavy atom. The Bertz CT molecular complexity index is 405. The normalized spacial score (nSPS) is 13.1. The van der Waals surface area contributed by atoms with Crippen molar-refractivity contribution in [1.82, 2.24) is 4.90 Å². The van der Waals surface area contributed by atoms with Gasteiger partial charge in [0.05, 0.1) is 5.56 Å². The van der Waals surface area contributed by atoms with Crippen LogP contribution in [-0.4, -0.2) is 18.5 Å². The van der Waals surface area contributed by atoms with Crippen molar-refractivity contribution < 1.29 is 13.2 Å². The number of hydrogen-bond donors (Lipinski definition) is 0. The van der Waals surface area contributed by atoms with E-state index in [1.165, 1.54) is 6.07 Å². The van der Waals surface area contributed by atoms with Gasteiger partial charge in [0.2, 0.25) is 0 Å². The van der Waals surface area contributed by atoms with Crippen LogP contribution in [0.2, 0.25) is 0 Å². The molecule has 0 N–H and O–H groups in total. The lowest BCUT2D eigenvalue weighted by molar-refractivity contribution is -0.138. The first-order chi connectivity index (χ1) is 8.59. The van der Waals surface area contributed by atoms with Crippen LogP contribution in [0, 0.1) is 5.41 Å². The molecule has 0 aliphatic carbocycles. The van der Waals surface area contributed by atoms with Crippen LogP contribution in [0.3, 0.4) is 0 Å². The molecule has 108 valence electrons. The van der Waals surface area contributed by atoms with Crippen molar-refractivity contribution >= 4 is 0 Å². The van der Waals surface area contributed by atoms with Crippen LogP contribution >= 0.6 is 0 Å². The summed E-state index contributed by atoms with van der Waals surface area (Å²) < 4.78 is 38.6. The molecular formula is C15H22F3N. The quantitative estimate of drug-likeness (QED) is 0.776. The minimum atomic E-state index is -4.28. The topological polar surface area (TPSA) is 3.24 Å². The summed E-state index contributed by atoms with van der Waals surface area (Å²) in [5.74, 6) is 0. The molecule has 4 heteroatoms. The van der Waals surface area contributed by atoms with Gasteiger partial charge in [0.25, 0.3) is 0 Å². The number of benzene rings is 1. The predicted octanol–water partition coefficient (Wildman–Crippen LogP) is 4.57. The highest BCUT2D eigenvalue weighted by Crippen LogP contribution is 2.32.